The van der Waals surface area contributed by atoms with Gasteiger partial charge in [0, 0.05) is 32.7 Å². The fourth-order valence-corrected chi connectivity index (χ4v) is 1.66. The summed E-state index contributed by atoms with van der Waals surface area (Å²) >= 11 is 0. The first-order valence-corrected chi connectivity index (χ1v) is 5.45. The van der Waals surface area contributed by atoms with Crippen molar-refractivity contribution in [2.24, 2.45) is 0 Å². The predicted octanol–water partition coefficient (Wildman–Crippen LogP) is 1.77. The Hall–Kier alpha value is -1.12. The maximum Gasteiger partial charge on any atom is 0.0392 e. The molecule has 0 atom stereocenters. The summed E-state index contributed by atoms with van der Waals surface area (Å²) < 4.78 is 0. The summed E-state index contributed by atoms with van der Waals surface area (Å²) in [6.07, 6.45) is 4.40. The lowest BCUT2D eigenvalue weighted by molar-refractivity contribution is 0.320. The molecule has 0 saturated carbocycles. The zero-order chi connectivity index (χ0) is 10.3. The van der Waals surface area contributed by atoms with Crippen molar-refractivity contribution < 1.29 is 0 Å². The molecule has 1 aromatic rings. The van der Waals surface area contributed by atoms with Gasteiger partial charge in [-0.3, -0.25) is 4.90 Å². The van der Waals surface area contributed by atoms with E-state index in [-0.39, 0.29) is 0 Å². The van der Waals surface area contributed by atoms with Gasteiger partial charge in [-0.15, -0.1) is 0 Å². The van der Waals surface area contributed by atoms with Crippen molar-refractivity contribution in [1.82, 2.24) is 10.2 Å². The third-order valence-corrected chi connectivity index (χ3v) is 2.52. The molecule has 2 nitrogen and oxygen atoms in total. The van der Waals surface area contributed by atoms with Crippen molar-refractivity contribution in [3.8, 4) is 0 Å². The minimum atomic E-state index is 0.999. The van der Waals surface area contributed by atoms with Gasteiger partial charge in [-0.2, -0.15) is 0 Å². The van der Waals surface area contributed by atoms with Gasteiger partial charge in [-0.1, -0.05) is 42.5 Å². The molecule has 2 rings (SSSR count). The summed E-state index contributed by atoms with van der Waals surface area (Å²) in [6, 6.07) is 10.4. The second-order valence-electron chi connectivity index (χ2n) is 3.69. The number of hydrogen-bond donors (Lipinski definition) is 1. The molecule has 1 fully saturated rings. The number of benzene rings is 1. The highest BCUT2D eigenvalue weighted by Gasteiger charge is 2.06. The number of rotatable bonds is 3. The van der Waals surface area contributed by atoms with Gasteiger partial charge in [0.25, 0.3) is 0 Å². The van der Waals surface area contributed by atoms with Crippen LogP contribution < -0.4 is 5.32 Å². The highest BCUT2D eigenvalue weighted by Crippen LogP contribution is 2.02. The van der Waals surface area contributed by atoms with E-state index in [2.05, 4.69) is 53.2 Å². The molecule has 15 heavy (non-hydrogen) atoms. The van der Waals surface area contributed by atoms with Crippen LogP contribution in [0.25, 0.3) is 6.08 Å². The predicted molar refractivity (Wildman–Crippen MR) is 64.2 cm³/mol. The second kappa shape index (κ2) is 5.69. The van der Waals surface area contributed by atoms with Gasteiger partial charge in [-0.05, 0) is 5.56 Å². The molecular formula is C13H17N2. The standard InChI is InChI=1S/C13H17N2/c1-2-5-13(6-3-1)7-4-10-15-11-8-14-9-12-15/h1-7,11,14H,8-10,12H2. The molecule has 79 valence electrons. The van der Waals surface area contributed by atoms with Crippen LogP contribution in [-0.2, 0) is 0 Å². The zero-order valence-corrected chi connectivity index (χ0v) is 8.89. The number of nitrogens with one attached hydrogen (secondary N) is 1. The van der Waals surface area contributed by atoms with E-state index >= 15 is 0 Å². The Morgan fingerprint density at radius 2 is 2.13 bits per heavy atom. The van der Waals surface area contributed by atoms with Gasteiger partial charge in [0.2, 0.25) is 0 Å². The van der Waals surface area contributed by atoms with Crippen LogP contribution in [0.2, 0.25) is 0 Å². The first kappa shape index (κ1) is 10.4. The average molecular weight is 201 g/mol. The molecule has 1 aromatic carbocycles. The Balaban J connectivity index is 1.79. The largest absolute Gasteiger partial charge is 0.314 e. The van der Waals surface area contributed by atoms with E-state index in [1.165, 1.54) is 5.56 Å². The SMILES string of the molecule is [CH]1CNCCN1CC=Cc1ccccc1. The molecule has 2 heteroatoms. The van der Waals surface area contributed by atoms with Crippen LogP contribution in [0.4, 0.5) is 0 Å². The van der Waals surface area contributed by atoms with Crippen LogP contribution in [-0.4, -0.2) is 31.1 Å². The first-order valence-electron chi connectivity index (χ1n) is 5.45. The van der Waals surface area contributed by atoms with Gasteiger partial charge in [0.15, 0.2) is 0 Å². The number of hydrogen-bond acceptors (Lipinski definition) is 2. The van der Waals surface area contributed by atoms with Gasteiger partial charge in [-0.25, -0.2) is 0 Å². The Bertz CT molecular complexity index is 300. The van der Waals surface area contributed by atoms with Crippen LogP contribution in [0.1, 0.15) is 5.56 Å². The van der Waals surface area contributed by atoms with Crippen LogP contribution in [0.5, 0.6) is 0 Å². The number of piperazine rings is 1. The fraction of sp³-hybridized carbons (Fsp3) is 0.308. The molecule has 0 spiro atoms. The summed E-state index contributed by atoms with van der Waals surface area (Å²) in [4.78, 5) is 2.34. The Morgan fingerprint density at radius 1 is 1.27 bits per heavy atom. The van der Waals surface area contributed by atoms with Gasteiger partial charge >= 0.3 is 0 Å². The lowest BCUT2D eigenvalue weighted by Gasteiger charge is -2.25. The van der Waals surface area contributed by atoms with Crippen LogP contribution in [0.15, 0.2) is 36.4 Å². The molecule has 0 bridgehead atoms. The normalized spacial score (nSPS) is 18.4. The van der Waals surface area contributed by atoms with E-state index in [9.17, 15) is 0 Å². The van der Waals surface area contributed by atoms with Gasteiger partial charge in [0.1, 0.15) is 0 Å². The number of nitrogens with zero attached hydrogens (tertiary/aromatic N) is 1. The van der Waals surface area contributed by atoms with Crippen LogP contribution in [0.3, 0.4) is 0 Å². The van der Waals surface area contributed by atoms with Crippen LogP contribution >= 0.6 is 0 Å². The molecule has 0 aliphatic carbocycles. The average Bonchev–Trinajstić information content (AvgIpc) is 2.32. The maximum absolute atomic E-state index is 3.30. The highest BCUT2D eigenvalue weighted by molar-refractivity contribution is 5.48. The highest BCUT2D eigenvalue weighted by atomic mass is 15.2. The monoisotopic (exact) mass is 201 g/mol. The van der Waals surface area contributed by atoms with Crippen molar-refractivity contribution in [2.75, 3.05) is 26.2 Å². The topological polar surface area (TPSA) is 15.3 Å². The van der Waals surface area contributed by atoms with Gasteiger partial charge in [0.05, 0.1) is 0 Å². The third-order valence-electron chi connectivity index (χ3n) is 2.52. The lowest BCUT2D eigenvalue weighted by atomic mass is 10.2. The quantitative estimate of drug-likeness (QED) is 0.801. The van der Waals surface area contributed by atoms with Crippen molar-refractivity contribution >= 4 is 6.08 Å². The minimum absolute atomic E-state index is 0.999. The molecule has 1 aliphatic heterocycles. The Kier molecular flexibility index (Phi) is 3.94. The molecular weight excluding hydrogens is 184 g/mol. The van der Waals surface area contributed by atoms with E-state index in [0.717, 1.165) is 26.2 Å². The summed E-state index contributed by atoms with van der Waals surface area (Å²) in [5.74, 6) is 0. The van der Waals surface area contributed by atoms with Crippen molar-refractivity contribution in [3.05, 3.63) is 48.5 Å². The molecule has 1 N–H and O–H groups in total. The zero-order valence-electron chi connectivity index (χ0n) is 8.89. The van der Waals surface area contributed by atoms with Crippen LogP contribution in [0, 0.1) is 6.54 Å². The lowest BCUT2D eigenvalue weighted by Crippen LogP contribution is -2.39. The molecule has 0 aromatic heterocycles. The summed E-state index contributed by atoms with van der Waals surface area (Å²) in [5, 5.41) is 3.30. The molecule has 1 aliphatic rings. The van der Waals surface area contributed by atoms with E-state index in [0.29, 0.717) is 0 Å². The molecule has 0 amide bonds. The van der Waals surface area contributed by atoms with E-state index in [4.69, 9.17) is 0 Å². The van der Waals surface area contributed by atoms with Crippen molar-refractivity contribution in [1.29, 1.82) is 0 Å². The van der Waals surface area contributed by atoms with E-state index < -0.39 is 0 Å². The Morgan fingerprint density at radius 3 is 2.87 bits per heavy atom. The summed E-state index contributed by atoms with van der Waals surface area (Å²) in [5.41, 5.74) is 1.27. The Labute approximate surface area is 91.6 Å². The maximum atomic E-state index is 3.30. The molecule has 1 heterocycles. The molecule has 1 saturated heterocycles. The minimum Gasteiger partial charge on any atom is -0.314 e. The van der Waals surface area contributed by atoms with E-state index in [1.54, 1.807) is 0 Å². The van der Waals surface area contributed by atoms with Crippen molar-refractivity contribution in [2.45, 2.75) is 0 Å². The first-order chi connectivity index (χ1) is 7.45. The summed E-state index contributed by atoms with van der Waals surface area (Å²) in [6.45, 7) is 6.43. The van der Waals surface area contributed by atoms with E-state index in [1.807, 2.05) is 6.07 Å². The third kappa shape index (κ3) is 3.50. The molecule has 0 unspecified atom stereocenters. The smallest absolute Gasteiger partial charge is 0.0392 e. The van der Waals surface area contributed by atoms with Crippen molar-refractivity contribution in [3.63, 3.8) is 0 Å². The van der Waals surface area contributed by atoms with Gasteiger partial charge < -0.3 is 5.32 Å². The fourth-order valence-electron chi connectivity index (χ4n) is 1.66. The second-order valence-corrected chi connectivity index (χ2v) is 3.69. The molecule has 1 radical (unpaired) electrons. The summed E-state index contributed by atoms with van der Waals surface area (Å²) in [7, 11) is 0.